The summed E-state index contributed by atoms with van der Waals surface area (Å²) in [4.78, 5) is 28.4. The Morgan fingerprint density at radius 2 is 1.91 bits per heavy atom. The number of likely N-dealkylation sites (tertiary alicyclic amines) is 1. The van der Waals surface area contributed by atoms with E-state index in [0.717, 1.165) is 29.1 Å². The number of alkyl halides is 1. The first-order chi connectivity index (χ1) is 15.9. The first-order valence-electron chi connectivity index (χ1n) is 11.8. The van der Waals surface area contributed by atoms with E-state index in [9.17, 15) is 14.0 Å². The van der Waals surface area contributed by atoms with E-state index in [1.807, 2.05) is 13.8 Å². The van der Waals surface area contributed by atoms with Gasteiger partial charge in [-0.15, -0.1) is 10.2 Å². The van der Waals surface area contributed by atoms with Gasteiger partial charge in [0.15, 0.2) is 11.5 Å². The quantitative estimate of drug-likeness (QED) is 0.703. The van der Waals surface area contributed by atoms with Crippen molar-refractivity contribution in [1.29, 1.82) is 0 Å². The summed E-state index contributed by atoms with van der Waals surface area (Å²) in [5.41, 5.74) is 1.48. The second kappa shape index (κ2) is 8.43. The van der Waals surface area contributed by atoms with Gasteiger partial charge in [-0.3, -0.25) is 14.3 Å². The molecule has 1 aromatic carbocycles. The molecule has 5 rings (SSSR count). The standard InChI is InChI=1S/C24H30FN5O3/c1-3-12-33-23(32)29-14-18-13-16(2)4-5-19(18)30-20(15-29)26-27-21(30)17-6-10-28(11-7-17)22(31)24(25)8-9-24/h4-5,13,17H,3,6-12,14-15H2,1-2H3. The molecule has 1 aromatic heterocycles. The fourth-order valence-electron chi connectivity index (χ4n) is 4.81. The average molecular weight is 456 g/mol. The number of ether oxygens (including phenoxy) is 1. The highest BCUT2D eigenvalue weighted by Crippen LogP contribution is 2.42. The fraction of sp³-hybridized carbons (Fsp3) is 0.583. The van der Waals surface area contributed by atoms with Gasteiger partial charge < -0.3 is 9.64 Å². The van der Waals surface area contributed by atoms with E-state index in [2.05, 4.69) is 33.0 Å². The molecule has 9 heteroatoms. The summed E-state index contributed by atoms with van der Waals surface area (Å²) in [6.07, 6.45) is 2.52. The third kappa shape index (κ3) is 4.09. The van der Waals surface area contributed by atoms with Crippen LogP contribution in [0.5, 0.6) is 0 Å². The van der Waals surface area contributed by atoms with Crippen LogP contribution in [0.25, 0.3) is 5.69 Å². The zero-order valence-corrected chi connectivity index (χ0v) is 19.2. The second-order valence-electron chi connectivity index (χ2n) is 9.44. The number of rotatable bonds is 4. The number of benzene rings is 1. The zero-order chi connectivity index (χ0) is 23.2. The number of hydrogen-bond acceptors (Lipinski definition) is 5. The molecule has 8 nitrogen and oxygen atoms in total. The van der Waals surface area contributed by atoms with Gasteiger partial charge >= 0.3 is 6.09 Å². The van der Waals surface area contributed by atoms with Crippen molar-refractivity contribution in [3.8, 4) is 5.69 Å². The number of nitrogens with zero attached hydrogens (tertiary/aromatic N) is 5. The molecule has 176 valence electrons. The van der Waals surface area contributed by atoms with E-state index in [1.54, 1.807) is 9.80 Å². The average Bonchev–Trinajstić information content (AvgIpc) is 3.48. The van der Waals surface area contributed by atoms with Gasteiger partial charge in [0.2, 0.25) is 0 Å². The van der Waals surface area contributed by atoms with E-state index >= 15 is 0 Å². The summed E-state index contributed by atoms with van der Waals surface area (Å²) < 4.78 is 21.7. The summed E-state index contributed by atoms with van der Waals surface area (Å²) in [6.45, 7) is 6.17. The SMILES string of the molecule is CCCOC(=O)N1Cc2cc(C)ccc2-n2c(nnc2C2CCN(C(=O)C3(F)CC3)CC2)C1. The number of hydrogen-bond donors (Lipinski definition) is 0. The molecule has 0 atom stereocenters. The minimum Gasteiger partial charge on any atom is -0.449 e. The van der Waals surface area contributed by atoms with Crippen molar-refractivity contribution in [3.63, 3.8) is 0 Å². The second-order valence-corrected chi connectivity index (χ2v) is 9.44. The third-order valence-corrected chi connectivity index (χ3v) is 6.83. The molecule has 0 spiro atoms. The van der Waals surface area contributed by atoms with Gasteiger partial charge in [-0.1, -0.05) is 24.6 Å². The normalized spacial score (nSPS) is 19.5. The number of aryl methyl sites for hydroxylation is 1. The monoisotopic (exact) mass is 455 g/mol. The number of halogens is 1. The number of amides is 2. The van der Waals surface area contributed by atoms with Crippen molar-refractivity contribution < 1.29 is 18.7 Å². The molecule has 3 aliphatic rings. The molecule has 2 fully saturated rings. The van der Waals surface area contributed by atoms with Crippen LogP contribution in [0.15, 0.2) is 18.2 Å². The van der Waals surface area contributed by atoms with Crippen LogP contribution in [0.2, 0.25) is 0 Å². The number of aromatic nitrogens is 3. The maximum atomic E-state index is 14.2. The van der Waals surface area contributed by atoms with Crippen LogP contribution in [0.1, 0.15) is 67.7 Å². The van der Waals surface area contributed by atoms with Crippen LogP contribution >= 0.6 is 0 Å². The summed E-state index contributed by atoms with van der Waals surface area (Å²) in [5.74, 6) is 1.29. The molecule has 0 radical (unpaired) electrons. The van der Waals surface area contributed by atoms with Gasteiger partial charge in [0.1, 0.15) is 5.82 Å². The topological polar surface area (TPSA) is 80.6 Å². The Kier molecular flexibility index (Phi) is 5.58. The number of carbonyl (C=O) groups is 2. The Hall–Kier alpha value is -2.97. The molecule has 1 aliphatic carbocycles. The van der Waals surface area contributed by atoms with Crippen molar-refractivity contribution in [2.45, 2.75) is 70.6 Å². The molecule has 0 N–H and O–H groups in total. The molecular weight excluding hydrogens is 425 g/mol. The van der Waals surface area contributed by atoms with Crippen LogP contribution < -0.4 is 0 Å². The Morgan fingerprint density at radius 1 is 1.15 bits per heavy atom. The largest absolute Gasteiger partial charge is 0.449 e. The van der Waals surface area contributed by atoms with Crippen molar-refractivity contribution in [2.75, 3.05) is 19.7 Å². The van der Waals surface area contributed by atoms with Gasteiger partial charge in [0, 0.05) is 19.0 Å². The summed E-state index contributed by atoms with van der Waals surface area (Å²) in [5, 5.41) is 8.98. The van der Waals surface area contributed by atoms with Gasteiger partial charge in [0.05, 0.1) is 25.4 Å². The van der Waals surface area contributed by atoms with Gasteiger partial charge in [-0.2, -0.15) is 0 Å². The number of piperidine rings is 1. The summed E-state index contributed by atoms with van der Waals surface area (Å²) in [6, 6.07) is 6.20. The molecular formula is C24H30FN5O3. The number of fused-ring (bicyclic) bond motifs is 3. The molecule has 0 unspecified atom stereocenters. The molecule has 1 saturated carbocycles. The van der Waals surface area contributed by atoms with E-state index in [4.69, 9.17) is 4.74 Å². The molecule has 2 amide bonds. The first-order valence-corrected chi connectivity index (χ1v) is 11.8. The van der Waals surface area contributed by atoms with E-state index in [1.165, 1.54) is 0 Å². The minimum atomic E-state index is -1.62. The maximum absolute atomic E-state index is 14.2. The highest BCUT2D eigenvalue weighted by Gasteiger charge is 2.53. The molecule has 2 aromatic rings. The zero-order valence-electron chi connectivity index (χ0n) is 19.2. The Bertz CT molecular complexity index is 1070. The lowest BCUT2D eigenvalue weighted by atomic mass is 9.95. The van der Waals surface area contributed by atoms with E-state index in [-0.39, 0.29) is 17.9 Å². The lowest BCUT2D eigenvalue weighted by Gasteiger charge is -2.32. The van der Waals surface area contributed by atoms with Crippen molar-refractivity contribution in [2.24, 2.45) is 0 Å². The van der Waals surface area contributed by atoms with Crippen LogP contribution in [0.4, 0.5) is 9.18 Å². The molecule has 1 saturated heterocycles. The first kappa shape index (κ1) is 21.9. The lowest BCUT2D eigenvalue weighted by Crippen LogP contribution is -2.43. The predicted octanol–water partition coefficient (Wildman–Crippen LogP) is 3.65. The Balaban J connectivity index is 1.42. The van der Waals surface area contributed by atoms with Crippen LogP contribution in [0.3, 0.4) is 0 Å². The molecule has 33 heavy (non-hydrogen) atoms. The van der Waals surface area contributed by atoms with Crippen molar-refractivity contribution in [1.82, 2.24) is 24.6 Å². The Morgan fingerprint density at radius 3 is 2.61 bits per heavy atom. The summed E-state index contributed by atoms with van der Waals surface area (Å²) >= 11 is 0. The smallest absolute Gasteiger partial charge is 0.410 e. The van der Waals surface area contributed by atoms with Gasteiger partial charge in [-0.25, -0.2) is 9.18 Å². The highest BCUT2D eigenvalue weighted by molar-refractivity contribution is 5.88. The van der Waals surface area contributed by atoms with Crippen LogP contribution in [-0.2, 0) is 22.6 Å². The maximum Gasteiger partial charge on any atom is 0.410 e. The van der Waals surface area contributed by atoms with Crippen LogP contribution in [-0.4, -0.2) is 61.9 Å². The molecule has 3 heterocycles. The van der Waals surface area contributed by atoms with E-state index in [0.29, 0.717) is 64.3 Å². The fourth-order valence-corrected chi connectivity index (χ4v) is 4.81. The lowest BCUT2D eigenvalue weighted by molar-refractivity contribution is -0.139. The third-order valence-electron chi connectivity index (χ3n) is 6.83. The molecule has 2 aliphatic heterocycles. The predicted molar refractivity (Wildman–Crippen MR) is 119 cm³/mol. The van der Waals surface area contributed by atoms with Gasteiger partial charge in [-0.05, 0) is 50.7 Å². The van der Waals surface area contributed by atoms with E-state index < -0.39 is 5.67 Å². The minimum absolute atomic E-state index is 0.109. The van der Waals surface area contributed by atoms with Crippen molar-refractivity contribution >= 4 is 12.0 Å². The van der Waals surface area contributed by atoms with Gasteiger partial charge in [0.25, 0.3) is 5.91 Å². The highest BCUT2D eigenvalue weighted by atomic mass is 19.1. The Labute approximate surface area is 192 Å². The molecule has 0 bridgehead atoms. The van der Waals surface area contributed by atoms with Crippen LogP contribution in [0, 0.1) is 6.92 Å². The summed E-state index contributed by atoms with van der Waals surface area (Å²) in [7, 11) is 0. The number of carbonyl (C=O) groups excluding carboxylic acids is 2. The van der Waals surface area contributed by atoms with Crippen molar-refractivity contribution in [3.05, 3.63) is 41.0 Å².